The quantitative estimate of drug-likeness (QED) is 0.501. The van der Waals surface area contributed by atoms with Crippen LogP contribution in [0.4, 0.5) is 5.69 Å². The third-order valence-corrected chi connectivity index (χ3v) is 2.67. The summed E-state index contributed by atoms with van der Waals surface area (Å²) in [5, 5.41) is 6.64. The number of anilines is 1. The summed E-state index contributed by atoms with van der Waals surface area (Å²) >= 11 is 0. The van der Waals surface area contributed by atoms with Crippen molar-refractivity contribution in [1.29, 1.82) is 0 Å². The number of nitrogens with two attached hydrogens (primary N) is 1. The summed E-state index contributed by atoms with van der Waals surface area (Å²) in [4.78, 5) is 11.2. The summed E-state index contributed by atoms with van der Waals surface area (Å²) in [6, 6.07) is 17.1. The molecule has 0 unspecified atom stereocenters. The van der Waals surface area contributed by atoms with Gasteiger partial charge in [-0.05, 0) is 6.07 Å². The highest BCUT2D eigenvalue weighted by molar-refractivity contribution is 6.16. The molecule has 0 aromatic heterocycles. The lowest BCUT2D eigenvalue weighted by atomic mass is 10.0. The molecular weight excluding hydrogens is 238 g/mol. The van der Waals surface area contributed by atoms with Gasteiger partial charge in [-0.2, -0.15) is 5.10 Å². The van der Waals surface area contributed by atoms with Crippen LogP contribution < -0.4 is 11.2 Å². The van der Waals surface area contributed by atoms with Gasteiger partial charge >= 0.3 is 0 Å². The molecule has 4 nitrogen and oxygen atoms in total. The lowest BCUT2D eigenvalue weighted by Gasteiger charge is -2.11. The molecule has 0 saturated heterocycles. The number of hydrogen-bond acceptors (Lipinski definition) is 3. The van der Waals surface area contributed by atoms with Gasteiger partial charge in [-0.15, -0.1) is 0 Å². The summed E-state index contributed by atoms with van der Waals surface area (Å²) in [5.41, 5.74) is 3.04. The summed E-state index contributed by atoms with van der Waals surface area (Å²) in [5.74, 6) is 5.38. The van der Waals surface area contributed by atoms with Crippen molar-refractivity contribution in [3.05, 3.63) is 65.7 Å². The number of hydrogen-bond donors (Lipinski definition) is 2. The number of carbonyl (C=O) groups is 1. The standard InChI is InChI=1S/C15H15N3O/c1-11(19)17-14-10-6-5-9-13(14)15(18-16)12-7-3-2-4-8-12/h2-10H,16H2,1H3,(H,17,19). The van der Waals surface area contributed by atoms with Crippen LogP contribution in [0, 0.1) is 0 Å². The van der Waals surface area contributed by atoms with Gasteiger partial charge in [0.1, 0.15) is 0 Å². The zero-order chi connectivity index (χ0) is 13.7. The van der Waals surface area contributed by atoms with Crippen molar-refractivity contribution in [2.45, 2.75) is 6.92 Å². The first kappa shape index (κ1) is 12.8. The van der Waals surface area contributed by atoms with Crippen molar-refractivity contribution in [2.24, 2.45) is 10.9 Å². The van der Waals surface area contributed by atoms with Crippen LogP contribution in [-0.4, -0.2) is 11.6 Å². The van der Waals surface area contributed by atoms with Crippen LogP contribution in [0.25, 0.3) is 0 Å². The van der Waals surface area contributed by atoms with E-state index in [1.165, 1.54) is 6.92 Å². The Labute approximate surface area is 112 Å². The number of nitrogens with one attached hydrogen (secondary N) is 1. The van der Waals surface area contributed by atoms with Crippen LogP contribution >= 0.6 is 0 Å². The molecule has 0 heterocycles. The lowest BCUT2D eigenvalue weighted by molar-refractivity contribution is -0.114. The Morgan fingerprint density at radius 3 is 2.32 bits per heavy atom. The maximum absolute atomic E-state index is 11.2. The normalized spacial score (nSPS) is 11.1. The van der Waals surface area contributed by atoms with Crippen LogP contribution in [0.1, 0.15) is 18.1 Å². The maximum atomic E-state index is 11.2. The molecule has 0 atom stereocenters. The van der Waals surface area contributed by atoms with Gasteiger partial charge in [0.25, 0.3) is 0 Å². The van der Waals surface area contributed by atoms with E-state index in [4.69, 9.17) is 5.84 Å². The van der Waals surface area contributed by atoms with E-state index in [0.717, 1.165) is 11.1 Å². The van der Waals surface area contributed by atoms with E-state index in [-0.39, 0.29) is 5.91 Å². The summed E-state index contributed by atoms with van der Waals surface area (Å²) < 4.78 is 0. The molecule has 0 spiro atoms. The highest BCUT2D eigenvalue weighted by atomic mass is 16.1. The van der Waals surface area contributed by atoms with Crippen molar-refractivity contribution in [3.63, 3.8) is 0 Å². The molecule has 96 valence electrons. The largest absolute Gasteiger partial charge is 0.326 e. The third kappa shape index (κ3) is 2.98. The minimum Gasteiger partial charge on any atom is -0.326 e. The zero-order valence-electron chi connectivity index (χ0n) is 10.6. The average Bonchev–Trinajstić information content (AvgIpc) is 2.42. The molecule has 0 saturated carbocycles. The van der Waals surface area contributed by atoms with Gasteiger partial charge in [0, 0.05) is 18.1 Å². The van der Waals surface area contributed by atoms with Crippen molar-refractivity contribution >= 4 is 17.3 Å². The fraction of sp³-hybridized carbons (Fsp3) is 0.0667. The van der Waals surface area contributed by atoms with Crippen molar-refractivity contribution in [2.75, 3.05) is 5.32 Å². The summed E-state index contributed by atoms with van der Waals surface area (Å²) in [6.07, 6.45) is 0. The average molecular weight is 253 g/mol. The molecule has 1 amide bonds. The molecule has 4 heteroatoms. The fourth-order valence-electron chi connectivity index (χ4n) is 1.88. The van der Waals surface area contributed by atoms with Gasteiger partial charge in [-0.25, -0.2) is 0 Å². The molecule has 2 aromatic rings. The number of carbonyl (C=O) groups excluding carboxylic acids is 1. The second-order valence-corrected chi connectivity index (χ2v) is 4.07. The molecule has 19 heavy (non-hydrogen) atoms. The van der Waals surface area contributed by atoms with E-state index in [1.54, 1.807) is 0 Å². The SMILES string of the molecule is CC(=O)Nc1ccccc1C(=NN)c1ccccc1. The number of amides is 1. The number of para-hydroxylation sites is 1. The van der Waals surface area contributed by atoms with Crippen LogP contribution in [0.2, 0.25) is 0 Å². The van der Waals surface area contributed by atoms with Crippen LogP contribution in [0.5, 0.6) is 0 Å². The molecule has 2 aromatic carbocycles. The molecule has 0 fully saturated rings. The van der Waals surface area contributed by atoms with Gasteiger partial charge < -0.3 is 11.2 Å². The molecule has 0 aliphatic carbocycles. The molecule has 0 bridgehead atoms. The second-order valence-electron chi connectivity index (χ2n) is 4.07. The molecule has 0 aliphatic heterocycles. The van der Waals surface area contributed by atoms with E-state index < -0.39 is 0 Å². The predicted octanol–water partition coefficient (Wildman–Crippen LogP) is 2.36. The summed E-state index contributed by atoms with van der Waals surface area (Å²) in [7, 11) is 0. The number of nitrogens with zero attached hydrogens (tertiary/aromatic N) is 1. The Balaban J connectivity index is 2.48. The van der Waals surface area contributed by atoms with Crippen LogP contribution in [-0.2, 0) is 4.79 Å². The Morgan fingerprint density at radius 1 is 1.05 bits per heavy atom. The van der Waals surface area contributed by atoms with E-state index >= 15 is 0 Å². The first-order valence-electron chi connectivity index (χ1n) is 5.92. The Bertz CT molecular complexity index is 606. The second kappa shape index (κ2) is 5.82. The van der Waals surface area contributed by atoms with Crippen molar-refractivity contribution in [3.8, 4) is 0 Å². The first-order chi connectivity index (χ1) is 9.22. The Kier molecular flexibility index (Phi) is 3.93. The Morgan fingerprint density at radius 2 is 1.68 bits per heavy atom. The number of hydrazone groups is 1. The third-order valence-electron chi connectivity index (χ3n) is 2.67. The lowest BCUT2D eigenvalue weighted by Crippen LogP contribution is -2.13. The van der Waals surface area contributed by atoms with Gasteiger partial charge in [0.05, 0.1) is 11.4 Å². The maximum Gasteiger partial charge on any atom is 0.221 e. The highest BCUT2D eigenvalue weighted by Crippen LogP contribution is 2.19. The van der Waals surface area contributed by atoms with Gasteiger partial charge in [0.2, 0.25) is 5.91 Å². The van der Waals surface area contributed by atoms with Gasteiger partial charge in [-0.1, -0.05) is 48.5 Å². The van der Waals surface area contributed by atoms with Crippen LogP contribution in [0.3, 0.4) is 0 Å². The topological polar surface area (TPSA) is 67.5 Å². The molecule has 3 N–H and O–H groups in total. The Hall–Kier alpha value is -2.62. The van der Waals surface area contributed by atoms with Crippen LogP contribution in [0.15, 0.2) is 59.7 Å². The zero-order valence-corrected chi connectivity index (χ0v) is 10.6. The number of rotatable bonds is 3. The fourth-order valence-corrected chi connectivity index (χ4v) is 1.88. The molecule has 0 aliphatic rings. The first-order valence-corrected chi connectivity index (χ1v) is 5.92. The van der Waals surface area contributed by atoms with Crippen molar-refractivity contribution < 1.29 is 4.79 Å². The molecule has 0 radical (unpaired) electrons. The molecule has 2 rings (SSSR count). The van der Waals surface area contributed by atoms with Crippen molar-refractivity contribution in [1.82, 2.24) is 0 Å². The monoisotopic (exact) mass is 253 g/mol. The predicted molar refractivity (Wildman–Crippen MR) is 77.0 cm³/mol. The van der Waals surface area contributed by atoms with E-state index in [2.05, 4.69) is 10.4 Å². The van der Waals surface area contributed by atoms with E-state index in [1.807, 2.05) is 54.6 Å². The van der Waals surface area contributed by atoms with E-state index in [9.17, 15) is 4.79 Å². The van der Waals surface area contributed by atoms with E-state index in [0.29, 0.717) is 11.4 Å². The summed E-state index contributed by atoms with van der Waals surface area (Å²) in [6.45, 7) is 1.47. The van der Waals surface area contributed by atoms with Gasteiger partial charge in [0.15, 0.2) is 0 Å². The highest BCUT2D eigenvalue weighted by Gasteiger charge is 2.11. The van der Waals surface area contributed by atoms with Gasteiger partial charge in [-0.3, -0.25) is 4.79 Å². The minimum absolute atomic E-state index is 0.128. The minimum atomic E-state index is -0.128. The smallest absolute Gasteiger partial charge is 0.221 e. The number of benzene rings is 2. The molecular formula is C15H15N3O.